The summed E-state index contributed by atoms with van der Waals surface area (Å²) in [5.74, 6) is 0.878. The zero-order valence-corrected chi connectivity index (χ0v) is 9.70. The third-order valence-electron chi connectivity index (χ3n) is 2.66. The average Bonchev–Trinajstić information content (AvgIpc) is 2.90. The molecule has 0 spiro atoms. The van der Waals surface area contributed by atoms with Crippen molar-refractivity contribution >= 4 is 0 Å². The molecule has 0 amide bonds. The largest absolute Gasteiger partial charge is 0.467 e. The fraction of sp³-hybridized carbons (Fsp3) is 0.667. The number of rotatable bonds is 6. The fourth-order valence-electron chi connectivity index (χ4n) is 1.87. The second-order valence-electron chi connectivity index (χ2n) is 4.10. The van der Waals surface area contributed by atoms with Gasteiger partial charge in [0.05, 0.1) is 19.0 Å². The van der Waals surface area contributed by atoms with E-state index in [1.807, 2.05) is 13.1 Å². The quantitative estimate of drug-likeness (QED) is 0.800. The second-order valence-corrected chi connectivity index (χ2v) is 4.10. The number of furan rings is 1. The Morgan fingerprint density at radius 3 is 3.25 bits per heavy atom. The molecule has 1 aliphatic heterocycles. The van der Waals surface area contributed by atoms with Gasteiger partial charge in [-0.15, -0.1) is 0 Å². The second kappa shape index (κ2) is 6.03. The van der Waals surface area contributed by atoms with Gasteiger partial charge in [0.25, 0.3) is 0 Å². The van der Waals surface area contributed by atoms with Crippen molar-refractivity contribution in [1.82, 2.24) is 5.32 Å². The molecule has 4 heteroatoms. The third kappa shape index (κ3) is 3.33. The summed E-state index contributed by atoms with van der Waals surface area (Å²) in [6, 6.07) is 2.02. The molecule has 1 atom stereocenters. The first kappa shape index (κ1) is 11.6. The Morgan fingerprint density at radius 1 is 1.56 bits per heavy atom. The smallest absolute Gasteiger partial charge is 0.129 e. The molecule has 90 valence electrons. The molecule has 1 aliphatic rings. The van der Waals surface area contributed by atoms with Gasteiger partial charge in [0.15, 0.2) is 0 Å². The number of nitrogens with one attached hydrogen (secondary N) is 1. The average molecular weight is 225 g/mol. The molecule has 0 saturated carbocycles. The lowest BCUT2D eigenvalue weighted by molar-refractivity contribution is 0.00581. The molecule has 1 saturated heterocycles. The highest BCUT2D eigenvalue weighted by Crippen LogP contribution is 2.14. The van der Waals surface area contributed by atoms with Crippen molar-refractivity contribution < 1.29 is 13.9 Å². The lowest BCUT2D eigenvalue weighted by Crippen LogP contribution is -2.13. The summed E-state index contributed by atoms with van der Waals surface area (Å²) in [4.78, 5) is 0. The summed E-state index contributed by atoms with van der Waals surface area (Å²) in [6.07, 6.45) is 4.32. The first-order valence-corrected chi connectivity index (χ1v) is 5.78. The van der Waals surface area contributed by atoms with Crippen molar-refractivity contribution in [2.45, 2.75) is 32.1 Å². The maximum atomic E-state index is 5.56. The first-order valence-electron chi connectivity index (χ1n) is 5.78. The molecule has 1 aromatic heterocycles. The van der Waals surface area contributed by atoms with E-state index in [9.17, 15) is 0 Å². The van der Waals surface area contributed by atoms with Crippen molar-refractivity contribution in [2.24, 2.45) is 0 Å². The van der Waals surface area contributed by atoms with Crippen LogP contribution < -0.4 is 5.32 Å². The van der Waals surface area contributed by atoms with Gasteiger partial charge in [-0.3, -0.25) is 0 Å². The Kier molecular flexibility index (Phi) is 4.39. The predicted octanol–water partition coefficient (Wildman–Crippen LogP) is 1.69. The normalized spacial score (nSPS) is 20.4. The summed E-state index contributed by atoms with van der Waals surface area (Å²) < 4.78 is 16.4. The van der Waals surface area contributed by atoms with E-state index in [-0.39, 0.29) is 6.10 Å². The maximum Gasteiger partial charge on any atom is 0.129 e. The van der Waals surface area contributed by atoms with E-state index in [0.717, 1.165) is 37.3 Å². The molecular weight excluding hydrogens is 206 g/mol. The van der Waals surface area contributed by atoms with Gasteiger partial charge in [0.2, 0.25) is 0 Å². The molecule has 1 fully saturated rings. The van der Waals surface area contributed by atoms with Gasteiger partial charge in [0.1, 0.15) is 12.4 Å². The van der Waals surface area contributed by atoms with Crippen LogP contribution in [0.15, 0.2) is 16.7 Å². The molecule has 1 aromatic rings. The Bertz CT molecular complexity index is 305. The highest BCUT2D eigenvalue weighted by Gasteiger charge is 2.15. The Balaban J connectivity index is 1.67. The van der Waals surface area contributed by atoms with Gasteiger partial charge in [-0.25, -0.2) is 0 Å². The van der Waals surface area contributed by atoms with E-state index in [1.54, 1.807) is 6.26 Å². The highest BCUT2D eigenvalue weighted by atomic mass is 16.5. The summed E-state index contributed by atoms with van der Waals surface area (Å²) in [5.41, 5.74) is 1.15. The van der Waals surface area contributed by atoms with E-state index < -0.39 is 0 Å². The van der Waals surface area contributed by atoms with Crippen LogP contribution >= 0.6 is 0 Å². The minimum absolute atomic E-state index is 0.284. The van der Waals surface area contributed by atoms with Gasteiger partial charge in [-0.05, 0) is 26.0 Å². The molecule has 1 N–H and O–H groups in total. The molecule has 0 radical (unpaired) electrons. The predicted molar refractivity (Wildman–Crippen MR) is 60.1 cm³/mol. The van der Waals surface area contributed by atoms with E-state index in [0.29, 0.717) is 13.2 Å². The molecular formula is C12H19NO3. The van der Waals surface area contributed by atoms with Crippen LogP contribution in [0.1, 0.15) is 24.2 Å². The number of hydrogen-bond donors (Lipinski definition) is 1. The van der Waals surface area contributed by atoms with Crippen LogP contribution in [0.3, 0.4) is 0 Å². The Labute approximate surface area is 95.9 Å². The fourth-order valence-corrected chi connectivity index (χ4v) is 1.87. The molecule has 2 rings (SSSR count). The lowest BCUT2D eigenvalue weighted by Gasteiger charge is -2.08. The van der Waals surface area contributed by atoms with Gasteiger partial charge in [-0.1, -0.05) is 0 Å². The molecule has 4 nitrogen and oxygen atoms in total. The summed E-state index contributed by atoms with van der Waals surface area (Å²) in [7, 11) is 1.92. The highest BCUT2D eigenvalue weighted by molar-refractivity contribution is 5.11. The molecule has 2 heterocycles. The van der Waals surface area contributed by atoms with Gasteiger partial charge < -0.3 is 19.2 Å². The standard InChI is InChI=1S/C12H19NO3/c1-13-6-10-5-12(16-7-10)9-14-8-11-3-2-4-15-11/h5,7,11,13H,2-4,6,8-9H2,1H3. The Hall–Kier alpha value is -0.840. The van der Waals surface area contributed by atoms with E-state index in [2.05, 4.69) is 5.32 Å². The van der Waals surface area contributed by atoms with Crippen LogP contribution in [0.2, 0.25) is 0 Å². The van der Waals surface area contributed by atoms with Crippen molar-refractivity contribution in [2.75, 3.05) is 20.3 Å². The summed E-state index contributed by atoms with van der Waals surface area (Å²) in [6.45, 7) is 2.90. The Morgan fingerprint density at radius 2 is 2.50 bits per heavy atom. The lowest BCUT2D eigenvalue weighted by atomic mass is 10.2. The zero-order chi connectivity index (χ0) is 11.2. The molecule has 0 bridgehead atoms. The van der Waals surface area contributed by atoms with Crippen molar-refractivity contribution in [1.29, 1.82) is 0 Å². The van der Waals surface area contributed by atoms with E-state index in [4.69, 9.17) is 13.9 Å². The van der Waals surface area contributed by atoms with Crippen LogP contribution in [-0.2, 0) is 22.6 Å². The van der Waals surface area contributed by atoms with Gasteiger partial charge in [0, 0.05) is 18.7 Å². The van der Waals surface area contributed by atoms with Gasteiger partial charge >= 0.3 is 0 Å². The molecule has 0 aromatic carbocycles. The third-order valence-corrected chi connectivity index (χ3v) is 2.66. The van der Waals surface area contributed by atoms with Crippen LogP contribution in [-0.4, -0.2) is 26.4 Å². The summed E-state index contributed by atoms with van der Waals surface area (Å²) >= 11 is 0. The topological polar surface area (TPSA) is 43.6 Å². The minimum atomic E-state index is 0.284. The van der Waals surface area contributed by atoms with Crippen LogP contribution in [0, 0.1) is 0 Å². The van der Waals surface area contributed by atoms with E-state index in [1.165, 1.54) is 0 Å². The van der Waals surface area contributed by atoms with Gasteiger partial charge in [-0.2, -0.15) is 0 Å². The van der Waals surface area contributed by atoms with Crippen molar-refractivity contribution in [3.05, 3.63) is 23.7 Å². The van der Waals surface area contributed by atoms with Crippen LogP contribution in [0.4, 0.5) is 0 Å². The van der Waals surface area contributed by atoms with Crippen LogP contribution in [0.5, 0.6) is 0 Å². The van der Waals surface area contributed by atoms with Crippen molar-refractivity contribution in [3.8, 4) is 0 Å². The van der Waals surface area contributed by atoms with Crippen LogP contribution in [0.25, 0.3) is 0 Å². The number of hydrogen-bond acceptors (Lipinski definition) is 4. The molecule has 1 unspecified atom stereocenters. The first-order chi connectivity index (χ1) is 7.88. The number of ether oxygens (including phenoxy) is 2. The van der Waals surface area contributed by atoms with E-state index >= 15 is 0 Å². The maximum absolute atomic E-state index is 5.56. The SMILES string of the molecule is CNCc1coc(COCC2CCCO2)c1. The monoisotopic (exact) mass is 225 g/mol. The minimum Gasteiger partial charge on any atom is -0.467 e. The van der Waals surface area contributed by atoms with Crippen molar-refractivity contribution in [3.63, 3.8) is 0 Å². The molecule has 16 heavy (non-hydrogen) atoms. The zero-order valence-electron chi connectivity index (χ0n) is 9.70. The molecule has 0 aliphatic carbocycles. The summed E-state index contributed by atoms with van der Waals surface area (Å²) in [5, 5.41) is 3.08.